The van der Waals surface area contributed by atoms with Crippen molar-refractivity contribution in [2.24, 2.45) is 0 Å². The van der Waals surface area contributed by atoms with E-state index in [1.165, 1.54) is 27.5 Å². The van der Waals surface area contributed by atoms with Gasteiger partial charge in [-0.15, -0.1) is 0 Å². The van der Waals surface area contributed by atoms with Gasteiger partial charge in [0.1, 0.15) is 0 Å². The van der Waals surface area contributed by atoms with Crippen LogP contribution in [0.2, 0.25) is 0 Å². The molecule has 25 heavy (non-hydrogen) atoms. The molecule has 2 aromatic carbocycles. The third-order valence-corrected chi connectivity index (χ3v) is 4.85. The monoisotopic (exact) mass is 320 g/mol. The Labute approximate surface area is 146 Å². The lowest BCUT2D eigenvalue weighted by Gasteiger charge is -2.27. The zero-order valence-electron chi connectivity index (χ0n) is 13.6. The predicted molar refractivity (Wildman–Crippen MR) is 102 cm³/mol. The van der Waals surface area contributed by atoms with Gasteiger partial charge in [0.05, 0.1) is 17.3 Å². The van der Waals surface area contributed by atoms with Gasteiger partial charge in [-0.3, -0.25) is 9.97 Å². The summed E-state index contributed by atoms with van der Waals surface area (Å²) in [5, 5.41) is 2.59. The van der Waals surface area contributed by atoms with Gasteiger partial charge in [0, 0.05) is 12.4 Å². The molecule has 2 heterocycles. The summed E-state index contributed by atoms with van der Waals surface area (Å²) in [7, 11) is 0. The van der Waals surface area contributed by atoms with Crippen molar-refractivity contribution in [3.05, 3.63) is 108 Å². The molecule has 1 aliphatic rings. The van der Waals surface area contributed by atoms with E-state index < -0.39 is 0 Å². The fourth-order valence-electron chi connectivity index (χ4n) is 3.80. The predicted octanol–water partition coefficient (Wildman–Crippen LogP) is 5.32. The zero-order valence-corrected chi connectivity index (χ0v) is 13.6. The van der Waals surface area contributed by atoms with Crippen molar-refractivity contribution in [2.45, 2.75) is 5.92 Å². The lowest BCUT2D eigenvalue weighted by atomic mass is 9.77. The van der Waals surface area contributed by atoms with E-state index in [1.807, 2.05) is 30.6 Å². The second-order valence-corrected chi connectivity index (χ2v) is 6.29. The normalized spacial score (nSPS) is 15.8. The molecule has 0 aliphatic heterocycles. The first-order valence-corrected chi connectivity index (χ1v) is 8.47. The summed E-state index contributed by atoms with van der Waals surface area (Å²) in [6, 6.07) is 25.2. The summed E-state index contributed by atoms with van der Waals surface area (Å²) in [6.45, 7) is 0. The molecule has 0 saturated heterocycles. The van der Waals surface area contributed by atoms with Gasteiger partial charge < -0.3 is 0 Å². The van der Waals surface area contributed by atoms with Crippen LogP contribution in [0.25, 0.3) is 22.4 Å². The molecule has 5 rings (SSSR count). The molecule has 0 N–H and O–H groups in total. The van der Waals surface area contributed by atoms with E-state index in [9.17, 15) is 0 Å². The lowest BCUT2D eigenvalue weighted by molar-refractivity contribution is 0.970. The first-order valence-electron chi connectivity index (χ1n) is 8.47. The second-order valence-electron chi connectivity index (χ2n) is 6.29. The molecule has 1 unspecified atom stereocenters. The Morgan fingerprint density at radius 3 is 2.24 bits per heavy atom. The molecule has 0 radical (unpaired) electrons. The highest BCUT2D eigenvalue weighted by atomic mass is 14.7. The molecule has 4 aromatic rings. The number of allylic oxidation sites excluding steroid dienone is 1. The molecule has 0 spiro atoms. The Balaban J connectivity index is 1.85. The number of aromatic nitrogens is 2. The average Bonchev–Trinajstić information content (AvgIpc) is 2.69. The summed E-state index contributed by atoms with van der Waals surface area (Å²) in [4.78, 5) is 9.29. The fourth-order valence-corrected chi connectivity index (χ4v) is 3.80. The van der Waals surface area contributed by atoms with Crippen LogP contribution in [-0.4, -0.2) is 9.97 Å². The molecule has 2 nitrogen and oxygen atoms in total. The van der Waals surface area contributed by atoms with E-state index in [-0.39, 0.29) is 5.92 Å². The minimum Gasteiger partial charge on any atom is -0.260 e. The minimum atomic E-state index is 0.0923. The van der Waals surface area contributed by atoms with Crippen LogP contribution in [0, 0.1) is 0 Å². The zero-order chi connectivity index (χ0) is 16.6. The van der Waals surface area contributed by atoms with E-state index in [0.29, 0.717) is 0 Å². The average molecular weight is 320 g/mol. The lowest BCUT2D eigenvalue weighted by Crippen LogP contribution is -2.11. The fraction of sp³-hybridized carbons (Fsp3) is 0.0435. The molecule has 0 saturated carbocycles. The van der Waals surface area contributed by atoms with Crippen molar-refractivity contribution in [3.63, 3.8) is 0 Å². The molecule has 118 valence electrons. The SMILES string of the molecule is C1=C(c2ccccn2)C(c2ccccn2)c2cccc3cccc1c23. The highest BCUT2D eigenvalue weighted by molar-refractivity contribution is 6.03. The van der Waals surface area contributed by atoms with Gasteiger partial charge in [0.25, 0.3) is 0 Å². The third-order valence-electron chi connectivity index (χ3n) is 4.85. The standard InChI is InChI=1S/C23H16N2/c1-3-13-24-20(11-1)19-15-17-9-5-7-16-8-6-10-18(22(16)17)23(19)21-12-2-4-14-25-21/h1-15,23H. The first-order chi connectivity index (χ1) is 12.4. The molecule has 1 aliphatic carbocycles. The van der Waals surface area contributed by atoms with Gasteiger partial charge in [-0.1, -0.05) is 48.5 Å². The Hall–Kier alpha value is -3.26. The van der Waals surface area contributed by atoms with Crippen LogP contribution >= 0.6 is 0 Å². The van der Waals surface area contributed by atoms with E-state index in [1.54, 1.807) is 0 Å². The van der Waals surface area contributed by atoms with Crippen LogP contribution in [0.15, 0.2) is 85.2 Å². The first kappa shape index (κ1) is 14.1. The van der Waals surface area contributed by atoms with Crippen LogP contribution in [0.3, 0.4) is 0 Å². The number of benzene rings is 2. The van der Waals surface area contributed by atoms with Gasteiger partial charge in [-0.25, -0.2) is 0 Å². The van der Waals surface area contributed by atoms with E-state index in [2.05, 4.69) is 70.6 Å². The van der Waals surface area contributed by atoms with Crippen LogP contribution in [-0.2, 0) is 0 Å². The van der Waals surface area contributed by atoms with Crippen LogP contribution in [0.4, 0.5) is 0 Å². The summed E-state index contributed by atoms with van der Waals surface area (Å²) in [6.07, 6.45) is 6.00. The quantitative estimate of drug-likeness (QED) is 0.500. The second kappa shape index (κ2) is 5.67. The number of hydrogen-bond acceptors (Lipinski definition) is 2. The van der Waals surface area contributed by atoms with Gasteiger partial charge in [0.2, 0.25) is 0 Å². The maximum absolute atomic E-state index is 4.67. The van der Waals surface area contributed by atoms with Crippen LogP contribution < -0.4 is 0 Å². The van der Waals surface area contributed by atoms with Gasteiger partial charge in [-0.2, -0.15) is 0 Å². The number of hydrogen-bond donors (Lipinski definition) is 0. The van der Waals surface area contributed by atoms with Crippen LogP contribution in [0.5, 0.6) is 0 Å². The Kier molecular flexibility index (Phi) is 3.20. The van der Waals surface area contributed by atoms with Crippen molar-refractivity contribution < 1.29 is 0 Å². The third kappa shape index (κ3) is 2.26. The Bertz CT molecular complexity index is 1080. The number of pyridine rings is 2. The van der Waals surface area contributed by atoms with Crippen molar-refractivity contribution in [2.75, 3.05) is 0 Å². The summed E-state index contributed by atoms with van der Waals surface area (Å²) >= 11 is 0. The number of nitrogens with zero attached hydrogens (tertiary/aromatic N) is 2. The molecular formula is C23H16N2. The smallest absolute Gasteiger partial charge is 0.0672 e. The van der Waals surface area contributed by atoms with Crippen molar-refractivity contribution in [1.82, 2.24) is 9.97 Å². The van der Waals surface area contributed by atoms with Gasteiger partial charge >= 0.3 is 0 Å². The van der Waals surface area contributed by atoms with Crippen molar-refractivity contribution >= 4 is 22.4 Å². The largest absolute Gasteiger partial charge is 0.260 e. The Morgan fingerprint density at radius 1 is 0.680 bits per heavy atom. The van der Waals surface area contributed by atoms with Crippen molar-refractivity contribution in [3.8, 4) is 0 Å². The maximum Gasteiger partial charge on any atom is 0.0672 e. The molecule has 0 bridgehead atoms. The molecule has 0 fully saturated rings. The molecule has 2 aromatic heterocycles. The topological polar surface area (TPSA) is 25.8 Å². The minimum absolute atomic E-state index is 0.0923. The summed E-state index contributed by atoms with van der Waals surface area (Å²) < 4.78 is 0. The Morgan fingerprint density at radius 2 is 1.48 bits per heavy atom. The molecule has 0 amide bonds. The van der Waals surface area contributed by atoms with Crippen LogP contribution in [0.1, 0.15) is 28.4 Å². The maximum atomic E-state index is 4.67. The molecular weight excluding hydrogens is 304 g/mol. The van der Waals surface area contributed by atoms with E-state index in [4.69, 9.17) is 0 Å². The van der Waals surface area contributed by atoms with Gasteiger partial charge in [-0.05, 0) is 57.8 Å². The van der Waals surface area contributed by atoms with Gasteiger partial charge in [0.15, 0.2) is 0 Å². The molecule has 2 heteroatoms. The number of rotatable bonds is 2. The van der Waals surface area contributed by atoms with E-state index >= 15 is 0 Å². The summed E-state index contributed by atoms with van der Waals surface area (Å²) in [5.41, 5.74) is 5.81. The molecule has 1 atom stereocenters. The summed E-state index contributed by atoms with van der Waals surface area (Å²) in [5.74, 6) is 0.0923. The highest BCUT2D eigenvalue weighted by Gasteiger charge is 2.28. The van der Waals surface area contributed by atoms with Crippen molar-refractivity contribution in [1.29, 1.82) is 0 Å². The highest BCUT2D eigenvalue weighted by Crippen LogP contribution is 2.45. The van der Waals surface area contributed by atoms with E-state index in [0.717, 1.165) is 11.4 Å².